The molecule has 92 valence electrons. The summed E-state index contributed by atoms with van der Waals surface area (Å²) in [5, 5.41) is 0. The second-order valence-electron chi connectivity index (χ2n) is 4.49. The molecule has 0 aromatic heterocycles. The summed E-state index contributed by atoms with van der Waals surface area (Å²) in [5.41, 5.74) is 7.50. The molecule has 1 atom stereocenters. The molecule has 4 heteroatoms. The van der Waals surface area contributed by atoms with E-state index in [4.69, 9.17) is 5.73 Å². The molecule has 1 heterocycles. The second kappa shape index (κ2) is 5.19. The number of rotatable bonds is 2. The summed E-state index contributed by atoms with van der Waals surface area (Å²) in [6.45, 7) is 3.35. The highest BCUT2D eigenvalue weighted by Gasteiger charge is 2.28. The van der Waals surface area contributed by atoms with Crippen LogP contribution in [-0.4, -0.2) is 29.9 Å². The maximum atomic E-state index is 12.4. The first-order valence-corrected chi connectivity index (χ1v) is 6.70. The first-order chi connectivity index (χ1) is 8.13. The van der Waals surface area contributed by atoms with Gasteiger partial charge in [0.2, 0.25) is 0 Å². The van der Waals surface area contributed by atoms with E-state index in [0.29, 0.717) is 6.54 Å². The van der Waals surface area contributed by atoms with Crippen LogP contribution >= 0.6 is 15.9 Å². The van der Waals surface area contributed by atoms with Crippen molar-refractivity contribution in [3.8, 4) is 0 Å². The fourth-order valence-electron chi connectivity index (χ4n) is 2.33. The third kappa shape index (κ3) is 2.53. The predicted octanol–water partition coefficient (Wildman–Crippen LogP) is 2.32. The zero-order valence-electron chi connectivity index (χ0n) is 9.95. The van der Waals surface area contributed by atoms with E-state index in [1.165, 1.54) is 0 Å². The highest BCUT2D eigenvalue weighted by Crippen LogP contribution is 2.23. The Bertz CT molecular complexity index is 433. The molecule has 1 unspecified atom stereocenters. The molecule has 2 rings (SSSR count). The van der Waals surface area contributed by atoms with E-state index in [-0.39, 0.29) is 11.9 Å². The molecule has 1 aliphatic heterocycles. The number of nitrogens with zero attached hydrogens (tertiary/aromatic N) is 1. The van der Waals surface area contributed by atoms with Gasteiger partial charge < -0.3 is 10.6 Å². The molecule has 0 saturated carbocycles. The quantitative estimate of drug-likeness (QED) is 0.910. The maximum absolute atomic E-state index is 12.4. The van der Waals surface area contributed by atoms with Crippen molar-refractivity contribution >= 4 is 21.8 Å². The number of hydrogen-bond acceptors (Lipinski definition) is 2. The van der Waals surface area contributed by atoms with E-state index >= 15 is 0 Å². The summed E-state index contributed by atoms with van der Waals surface area (Å²) in [6.07, 6.45) is 2.08. The zero-order valence-corrected chi connectivity index (χ0v) is 11.5. The third-order valence-corrected chi connectivity index (χ3v) is 3.83. The van der Waals surface area contributed by atoms with Crippen LogP contribution in [0.4, 0.5) is 0 Å². The van der Waals surface area contributed by atoms with Gasteiger partial charge in [-0.2, -0.15) is 0 Å². The van der Waals surface area contributed by atoms with Crippen LogP contribution in [0.1, 0.15) is 28.8 Å². The number of amides is 1. The van der Waals surface area contributed by atoms with Crippen LogP contribution in [0.3, 0.4) is 0 Å². The summed E-state index contributed by atoms with van der Waals surface area (Å²) < 4.78 is 0.940. The van der Waals surface area contributed by atoms with Gasteiger partial charge >= 0.3 is 0 Å². The van der Waals surface area contributed by atoms with Crippen LogP contribution in [-0.2, 0) is 0 Å². The largest absolute Gasteiger partial charge is 0.334 e. The molecule has 0 spiro atoms. The van der Waals surface area contributed by atoms with Crippen molar-refractivity contribution in [3.05, 3.63) is 33.8 Å². The van der Waals surface area contributed by atoms with Crippen LogP contribution in [0.2, 0.25) is 0 Å². The molecule has 1 aromatic carbocycles. The van der Waals surface area contributed by atoms with Crippen LogP contribution in [0.15, 0.2) is 22.7 Å². The van der Waals surface area contributed by atoms with Crippen LogP contribution in [0, 0.1) is 6.92 Å². The van der Waals surface area contributed by atoms with Gasteiger partial charge in [-0.1, -0.05) is 22.0 Å². The van der Waals surface area contributed by atoms with Crippen molar-refractivity contribution in [1.29, 1.82) is 0 Å². The Morgan fingerprint density at radius 3 is 3.06 bits per heavy atom. The van der Waals surface area contributed by atoms with Gasteiger partial charge in [0.15, 0.2) is 0 Å². The Morgan fingerprint density at radius 2 is 2.35 bits per heavy atom. The predicted molar refractivity (Wildman–Crippen MR) is 72.0 cm³/mol. The maximum Gasteiger partial charge on any atom is 0.254 e. The third-order valence-electron chi connectivity index (χ3n) is 3.34. The minimum absolute atomic E-state index is 0.108. The van der Waals surface area contributed by atoms with Gasteiger partial charge in [0.05, 0.1) is 0 Å². The van der Waals surface area contributed by atoms with Gasteiger partial charge in [-0.15, -0.1) is 0 Å². The molecule has 1 fully saturated rings. The Labute approximate surface area is 110 Å². The number of halogens is 1. The number of carbonyl (C=O) groups is 1. The highest BCUT2D eigenvalue weighted by molar-refractivity contribution is 9.10. The minimum Gasteiger partial charge on any atom is -0.334 e. The standard InChI is InChI=1S/C13H17BrN2O/c1-9-4-5-10(14)7-12(9)13(17)16-6-2-3-11(16)8-15/h4-5,7,11H,2-3,6,8,15H2,1H3. The fourth-order valence-corrected chi connectivity index (χ4v) is 2.69. The van der Waals surface area contributed by atoms with Crippen molar-refractivity contribution in [2.45, 2.75) is 25.8 Å². The lowest BCUT2D eigenvalue weighted by Gasteiger charge is -2.24. The van der Waals surface area contributed by atoms with Gasteiger partial charge in [0.1, 0.15) is 0 Å². The summed E-state index contributed by atoms with van der Waals surface area (Å²) >= 11 is 3.41. The summed E-state index contributed by atoms with van der Waals surface area (Å²) in [6, 6.07) is 6.02. The van der Waals surface area contributed by atoms with Crippen molar-refractivity contribution in [3.63, 3.8) is 0 Å². The Kier molecular flexibility index (Phi) is 3.84. The average molecular weight is 297 g/mol. The van der Waals surface area contributed by atoms with Crippen molar-refractivity contribution in [2.24, 2.45) is 5.73 Å². The molecule has 17 heavy (non-hydrogen) atoms. The average Bonchev–Trinajstić information content (AvgIpc) is 2.79. The fraction of sp³-hybridized carbons (Fsp3) is 0.462. The molecule has 0 bridgehead atoms. The van der Waals surface area contributed by atoms with Gasteiger partial charge in [0, 0.05) is 29.2 Å². The first-order valence-electron chi connectivity index (χ1n) is 5.90. The van der Waals surface area contributed by atoms with Crippen LogP contribution in [0.5, 0.6) is 0 Å². The van der Waals surface area contributed by atoms with E-state index in [2.05, 4.69) is 15.9 Å². The number of carbonyl (C=O) groups excluding carboxylic acids is 1. The number of nitrogens with two attached hydrogens (primary N) is 1. The van der Waals surface area contributed by atoms with E-state index in [0.717, 1.165) is 35.0 Å². The molecular formula is C13H17BrN2O. The number of aryl methyl sites for hydroxylation is 1. The lowest BCUT2D eigenvalue weighted by atomic mass is 10.1. The van der Waals surface area contributed by atoms with Gasteiger partial charge in [-0.25, -0.2) is 0 Å². The number of likely N-dealkylation sites (tertiary alicyclic amines) is 1. The molecule has 1 aliphatic rings. The Balaban J connectivity index is 2.27. The second-order valence-corrected chi connectivity index (χ2v) is 5.41. The lowest BCUT2D eigenvalue weighted by Crippen LogP contribution is -2.40. The smallest absolute Gasteiger partial charge is 0.254 e. The van der Waals surface area contributed by atoms with E-state index in [9.17, 15) is 4.79 Å². The van der Waals surface area contributed by atoms with Gasteiger partial charge in [-0.05, 0) is 37.5 Å². The van der Waals surface area contributed by atoms with E-state index in [1.54, 1.807) is 0 Å². The van der Waals surface area contributed by atoms with Crippen molar-refractivity contribution < 1.29 is 4.79 Å². The SMILES string of the molecule is Cc1ccc(Br)cc1C(=O)N1CCCC1CN. The van der Waals surface area contributed by atoms with Crippen LogP contribution in [0.25, 0.3) is 0 Å². The molecular weight excluding hydrogens is 280 g/mol. The van der Waals surface area contributed by atoms with Crippen molar-refractivity contribution in [2.75, 3.05) is 13.1 Å². The van der Waals surface area contributed by atoms with Gasteiger partial charge in [0.25, 0.3) is 5.91 Å². The molecule has 1 amide bonds. The Hall–Kier alpha value is -0.870. The van der Waals surface area contributed by atoms with E-state index < -0.39 is 0 Å². The lowest BCUT2D eigenvalue weighted by molar-refractivity contribution is 0.0740. The first kappa shape index (κ1) is 12.6. The molecule has 0 radical (unpaired) electrons. The summed E-state index contributed by atoms with van der Waals surface area (Å²) in [7, 11) is 0. The number of hydrogen-bond donors (Lipinski definition) is 1. The zero-order chi connectivity index (χ0) is 12.4. The monoisotopic (exact) mass is 296 g/mol. The van der Waals surface area contributed by atoms with E-state index in [1.807, 2.05) is 30.0 Å². The van der Waals surface area contributed by atoms with Crippen LogP contribution < -0.4 is 5.73 Å². The topological polar surface area (TPSA) is 46.3 Å². The minimum atomic E-state index is 0.108. The van der Waals surface area contributed by atoms with Gasteiger partial charge in [-0.3, -0.25) is 4.79 Å². The molecule has 2 N–H and O–H groups in total. The summed E-state index contributed by atoms with van der Waals surface area (Å²) in [4.78, 5) is 14.4. The molecule has 1 aromatic rings. The normalized spacial score (nSPS) is 19.7. The van der Waals surface area contributed by atoms with Crippen molar-refractivity contribution in [1.82, 2.24) is 4.90 Å². The molecule has 1 saturated heterocycles. The molecule has 3 nitrogen and oxygen atoms in total. The molecule has 0 aliphatic carbocycles. The highest BCUT2D eigenvalue weighted by atomic mass is 79.9. The summed E-state index contributed by atoms with van der Waals surface area (Å²) in [5.74, 6) is 0.108. The number of benzene rings is 1. The Morgan fingerprint density at radius 1 is 1.59 bits per heavy atom.